The molecule has 20 heavy (non-hydrogen) atoms. The monoisotopic (exact) mass is 266 g/mol. The minimum Gasteiger partial charge on any atom is -0.322 e. The van der Waals surface area contributed by atoms with E-state index in [1.165, 1.54) is 24.3 Å². The number of nitrogens with one attached hydrogen (secondary N) is 1. The second-order valence-electron chi connectivity index (χ2n) is 4.34. The lowest BCUT2D eigenvalue weighted by Gasteiger charge is -2.07. The highest BCUT2D eigenvalue weighted by molar-refractivity contribution is 6.11. The van der Waals surface area contributed by atoms with Gasteiger partial charge in [-0.25, -0.2) is 4.39 Å². The Hall–Kier alpha value is -2.75. The molecule has 0 spiro atoms. The number of carbonyl (C=O) groups excluding carboxylic acids is 1. The molecule has 4 heteroatoms. The number of nitrogens with zero attached hydrogens (tertiary/aromatic N) is 1. The Morgan fingerprint density at radius 1 is 1.00 bits per heavy atom. The molecular weight excluding hydrogens is 255 g/mol. The van der Waals surface area contributed by atoms with Gasteiger partial charge < -0.3 is 5.32 Å². The predicted octanol–water partition coefficient (Wildman–Crippen LogP) is 3.63. The molecule has 0 atom stereocenters. The summed E-state index contributed by atoms with van der Waals surface area (Å²) in [6, 6.07) is 14.8. The third-order valence-electron chi connectivity index (χ3n) is 2.98. The molecule has 2 aromatic carbocycles. The van der Waals surface area contributed by atoms with Crippen LogP contribution in [0.25, 0.3) is 10.9 Å². The molecule has 3 rings (SSSR count). The van der Waals surface area contributed by atoms with Gasteiger partial charge in [-0.2, -0.15) is 0 Å². The Labute approximate surface area is 115 Å². The summed E-state index contributed by atoms with van der Waals surface area (Å²) in [5, 5.41) is 3.63. The fraction of sp³-hybridized carbons (Fsp3) is 0. The van der Waals surface area contributed by atoms with Crippen LogP contribution >= 0.6 is 0 Å². The highest BCUT2D eigenvalue weighted by Gasteiger charge is 2.10. The van der Waals surface area contributed by atoms with Gasteiger partial charge in [0.1, 0.15) is 5.82 Å². The van der Waals surface area contributed by atoms with Crippen molar-refractivity contribution < 1.29 is 9.18 Å². The van der Waals surface area contributed by atoms with Gasteiger partial charge in [0.15, 0.2) is 0 Å². The van der Waals surface area contributed by atoms with E-state index in [-0.39, 0.29) is 11.7 Å². The van der Waals surface area contributed by atoms with Gasteiger partial charge in [-0.15, -0.1) is 0 Å². The summed E-state index contributed by atoms with van der Waals surface area (Å²) in [7, 11) is 0. The van der Waals surface area contributed by atoms with Gasteiger partial charge in [-0.3, -0.25) is 9.78 Å². The number of aromatic nitrogens is 1. The molecule has 0 saturated heterocycles. The summed E-state index contributed by atoms with van der Waals surface area (Å²) < 4.78 is 12.8. The number of rotatable bonds is 2. The smallest absolute Gasteiger partial charge is 0.257 e. The van der Waals surface area contributed by atoms with Crippen molar-refractivity contribution in [3.8, 4) is 0 Å². The third kappa shape index (κ3) is 2.36. The quantitative estimate of drug-likeness (QED) is 0.769. The summed E-state index contributed by atoms with van der Waals surface area (Å²) >= 11 is 0. The van der Waals surface area contributed by atoms with Gasteiger partial charge in [0.25, 0.3) is 5.91 Å². The highest BCUT2D eigenvalue weighted by Crippen LogP contribution is 2.17. The molecule has 3 nitrogen and oxygen atoms in total. The maximum atomic E-state index is 12.8. The molecule has 3 aromatic rings. The van der Waals surface area contributed by atoms with Crippen LogP contribution in [0.2, 0.25) is 0 Å². The number of carbonyl (C=O) groups is 1. The molecule has 0 aliphatic carbocycles. The van der Waals surface area contributed by atoms with Crippen molar-refractivity contribution in [2.24, 2.45) is 0 Å². The number of para-hydroxylation sites is 1. The Balaban J connectivity index is 1.94. The van der Waals surface area contributed by atoms with E-state index in [1.807, 2.05) is 24.3 Å². The Morgan fingerprint density at radius 3 is 2.55 bits per heavy atom. The van der Waals surface area contributed by atoms with Gasteiger partial charge >= 0.3 is 0 Å². The molecule has 1 amide bonds. The second kappa shape index (κ2) is 5.09. The zero-order valence-electron chi connectivity index (χ0n) is 10.5. The summed E-state index contributed by atoms with van der Waals surface area (Å²) in [5.41, 5.74) is 1.69. The maximum absolute atomic E-state index is 12.8. The van der Waals surface area contributed by atoms with Crippen LogP contribution in [0.1, 0.15) is 10.4 Å². The first-order valence-electron chi connectivity index (χ1n) is 6.15. The van der Waals surface area contributed by atoms with Gasteiger partial charge in [0.2, 0.25) is 0 Å². The van der Waals surface area contributed by atoms with Crippen LogP contribution in [0.5, 0.6) is 0 Å². The van der Waals surface area contributed by atoms with Crippen LogP contribution in [0.4, 0.5) is 10.1 Å². The molecule has 0 aliphatic rings. The Morgan fingerprint density at radius 2 is 1.75 bits per heavy atom. The first kappa shape index (κ1) is 12.3. The molecule has 0 unspecified atom stereocenters. The third-order valence-corrected chi connectivity index (χ3v) is 2.98. The lowest BCUT2D eigenvalue weighted by molar-refractivity contribution is 0.102. The van der Waals surface area contributed by atoms with E-state index < -0.39 is 0 Å². The fourth-order valence-corrected chi connectivity index (χ4v) is 2.02. The van der Waals surface area contributed by atoms with E-state index in [2.05, 4.69) is 10.3 Å². The van der Waals surface area contributed by atoms with Gasteiger partial charge in [0, 0.05) is 17.3 Å². The van der Waals surface area contributed by atoms with Crippen molar-refractivity contribution in [2.45, 2.75) is 0 Å². The van der Waals surface area contributed by atoms with E-state index in [1.54, 1.807) is 12.3 Å². The number of hydrogen-bond donors (Lipinski definition) is 1. The normalized spacial score (nSPS) is 10.4. The fourth-order valence-electron chi connectivity index (χ4n) is 2.02. The first-order chi connectivity index (χ1) is 9.74. The van der Waals surface area contributed by atoms with Gasteiger partial charge in [-0.05, 0) is 36.4 Å². The van der Waals surface area contributed by atoms with Crippen LogP contribution in [-0.2, 0) is 0 Å². The lowest BCUT2D eigenvalue weighted by atomic mass is 10.1. The molecule has 0 fully saturated rings. The van der Waals surface area contributed by atoms with Gasteiger partial charge in [0.05, 0.1) is 11.1 Å². The van der Waals surface area contributed by atoms with Crippen molar-refractivity contribution in [1.29, 1.82) is 0 Å². The number of benzene rings is 2. The van der Waals surface area contributed by atoms with Crippen LogP contribution in [0.3, 0.4) is 0 Å². The highest BCUT2D eigenvalue weighted by atomic mass is 19.1. The largest absolute Gasteiger partial charge is 0.322 e. The van der Waals surface area contributed by atoms with Crippen molar-refractivity contribution in [3.63, 3.8) is 0 Å². The molecular formula is C16H11FN2O. The lowest BCUT2D eigenvalue weighted by Crippen LogP contribution is -2.12. The number of halogens is 1. The zero-order chi connectivity index (χ0) is 13.9. The summed E-state index contributed by atoms with van der Waals surface area (Å²) in [5.74, 6) is -0.601. The second-order valence-corrected chi connectivity index (χ2v) is 4.34. The van der Waals surface area contributed by atoms with Crippen LogP contribution in [0, 0.1) is 5.82 Å². The van der Waals surface area contributed by atoms with E-state index in [0.29, 0.717) is 16.8 Å². The van der Waals surface area contributed by atoms with E-state index in [4.69, 9.17) is 0 Å². The molecule has 0 aliphatic heterocycles. The summed E-state index contributed by atoms with van der Waals surface area (Å²) in [6.45, 7) is 0. The first-order valence-corrected chi connectivity index (χ1v) is 6.15. The molecule has 1 aromatic heterocycles. The van der Waals surface area contributed by atoms with E-state index >= 15 is 0 Å². The topological polar surface area (TPSA) is 42.0 Å². The van der Waals surface area contributed by atoms with E-state index in [0.717, 1.165) is 5.39 Å². The minimum absolute atomic E-state index is 0.263. The molecule has 98 valence electrons. The van der Waals surface area contributed by atoms with Crippen molar-refractivity contribution >= 4 is 22.5 Å². The average molecular weight is 266 g/mol. The van der Waals surface area contributed by atoms with Crippen molar-refractivity contribution in [3.05, 3.63) is 72.2 Å². The number of fused-ring (bicyclic) bond motifs is 1. The zero-order valence-corrected chi connectivity index (χ0v) is 10.5. The number of pyridine rings is 1. The van der Waals surface area contributed by atoms with Crippen LogP contribution in [0.15, 0.2) is 60.8 Å². The molecule has 0 radical (unpaired) electrons. The number of amides is 1. The SMILES string of the molecule is O=C(Nc1ccc(F)cc1)c1cccc2cccnc12. The van der Waals surface area contributed by atoms with Crippen molar-refractivity contribution in [1.82, 2.24) is 4.98 Å². The van der Waals surface area contributed by atoms with Gasteiger partial charge in [-0.1, -0.05) is 18.2 Å². The van der Waals surface area contributed by atoms with Crippen LogP contribution < -0.4 is 5.32 Å². The average Bonchev–Trinajstić information content (AvgIpc) is 2.49. The summed E-state index contributed by atoms with van der Waals surface area (Å²) in [6.07, 6.45) is 1.65. The molecule has 1 heterocycles. The molecule has 1 N–H and O–H groups in total. The van der Waals surface area contributed by atoms with E-state index in [9.17, 15) is 9.18 Å². The standard InChI is InChI=1S/C16H11FN2O/c17-12-6-8-13(9-7-12)19-16(20)14-5-1-3-11-4-2-10-18-15(11)14/h1-10H,(H,19,20). The predicted molar refractivity (Wildman–Crippen MR) is 76.1 cm³/mol. The number of anilines is 1. The summed E-state index contributed by atoms with van der Waals surface area (Å²) in [4.78, 5) is 16.5. The number of hydrogen-bond acceptors (Lipinski definition) is 2. The van der Waals surface area contributed by atoms with Crippen LogP contribution in [-0.4, -0.2) is 10.9 Å². The Bertz CT molecular complexity index is 764. The molecule has 0 bridgehead atoms. The minimum atomic E-state index is -0.338. The van der Waals surface area contributed by atoms with Crippen molar-refractivity contribution in [2.75, 3.05) is 5.32 Å². The Kier molecular flexibility index (Phi) is 3.13. The maximum Gasteiger partial charge on any atom is 0.257 e. The molecule has 0 saturated carbocycles.